The molecule has 0 rings (SSSR count). The highest BCUT2D eigenvalue weighted by atomic mass is 31.2. The molecule has 0 amide bonds. The number of likely N-dealkylation sites (N-methyl/N-ethyl adjacent to an activating group) is 1. The molecule has 2 atom stereocenters. The van der Waals surface area contributed by atoms with Crippen molar-refractivity contribution in [3.8, 4) is 0 Å². The van der Waals surface area contributed by atoms with Crippen LogP contribution in [0.1, 0.15) is 162 Å². The number of quaternary nitrogens is 1. The lowest BCUT2D eigenvalue weighted by atomic mass is 10.0. The fourth-order valence-electron chi connectivity index (χ4n) is 4.95. The van der Waals surface area contributed by atoms with Crippen molar-refractivity contribution in [2.75, 3.05) is 47.5 Å². The SMILES string of the molecule is CCCCCCCCCCCCCCCCC(=O)OC[C@@H](COP(=O)(O)OCC[N+](C)(C)C)OC(=O)CCCCCCCCC. The first-order valence-corrected chi connectivity index (χ1v) is 19.8. The molecule has 268 valence electrons. The highest BCUT2D eigenvalue weighted by Gasteiger charge is 2.27. The van der Waals surface area contributed by atoms with Gasteiger partial charge in [0.15, 0.2) is 6.10 Å². The van der Waals surface area contributed by atoms with Gasteiger partial charge < -0.3 is 18.9 Å². The van der Waals surface area contributed by atoms with Crippen molar-refractivity contribution >= 4 is 19.8 Å². The van der Waals surface area contributed by atoms with Crippen molar-refractivity contribution < 1.29 is 42.1 Å². The molecule has 0 spiro atoms. The Morgan fingerprint density at radius 3 is 1.42 bits per heavy atom. The number of ether oxygens (including phenoxy) is 2. The molecule has 0 aromatic carbocycles. The van der Waals surface area contributed by atoms with Crippen molar-refractivity contribution in [1.29, 1.82) is 0 Å². The summed E-state index contributed by atoms with van der Waals surface area (Å²) in [5, 5.41) is 0. The molecule has 0 aliphatic rings. The molecular formula is C35H71NO8P+. The first-order chi connectivity index (χ1) is 21.5. The van der Waals surface area contributed by atoms with E-state index in [1.54, 1.807) is 0 Å². The van der Waals surface area contributed by atoms with E-state index in [2.05, 4.69) is 13.8 Å². The summed E-state index contributed by atoms with van der Waals surface area (Å²) >= 11 is 0. The maximum Gasteiger partial charge on any atom is 0.472 e. The predicted octanol–water partition coefficient (Wildman–Crippen LogP) is 9.29. The average molecular weight is 665 g/mol. The highest BCUT2D eigenvalue weighted by Crippen LogP contribution is 2.43. The van der Waals surface area contributed by atoms with Crippen LogP contribution >= 0.6 is 7.82 Å². The van der Waals surface area contributed by atoms with Gasteiger partial charge in [-0.25, -0.2) is 4.57 Å². The first-order valence-electron chi connectivity index (χ1n) is 18.3. The first kappa shape index (κ1) is 44.0. The van der Waals surface area contributed by atoms with E-state index in [0.717, 1.165) is 38.5 Å². The molecule has 0 bridgehead atoms. The van der Waals surface area contributed by atoms with Crippen molar-refractivity contribution in [2.24, 2.45) is 0 Å². The summed E-state index contributed by atoms with van der Waals surface area (Å²) in [6, 6.07) is 0. The molecule has 0 aliphatic carbocycles. The summed E-state index contributed by atoms with van der Waals surface area (Å²) in [5.41, 5.74) is 0. The Morgan fingerprint density at radius 1 is 0.600 bits per heavy atom. The maximum atomic E-state index is 12.5. The minimum absolute atomic E-state index is 0.0359. The molecule has 0 saturated heterocycles. The van der Waals surface area contributed by atoms with Crippen molar-refractivity contribution in [1.82, 2.24) is 0 Å². The lowest BCUT2D eigenvalue weighted by Crippen LogP contribution is -2.37. The Labute approximate surface area is 276 Å². The van der Waals surface area contributed by atoms with Crippen LogP contribution in [0.3, 0.4) is 0 Å². The number of nitrogens with zero attached hydrogens (tertiary/aromatic N) is 1. The zero-order chi connectivity index (χ0) is 33.7. The quantitative estimate of drug-likeness (QED) is 0.0320. The maximum absolute atomic E-state index is 12.5. The van der Waals surface area contributed by atoms with Crippen LogP contribution < -0.4 is 0 Å². The van der Waals surface area contributed by atoms with E-state index < -0.39 is 26.5 Å². The molecule has 0 aromatic heterocycles. The van der Waals surface area contributed by atoms with Crippen molar-refractivity contribution in [3.05, 3.63) is 0 Å². The minimum atomic E-state index is -4.35. The summed E-state index contributed by atoms with van der Waals surface area (Å²) < 4.78 is 34.0. The fourth-order valence-corrected chi connectivity index (χ4v) is 5.70. The van der Waals surface area contributed by atoms with Crippen LogP contribution in [-0.2, 0) is 32.7 Å². The standard InChI is InChI=1S/C35H70NO8P/c1-6-8-10-12-14-15-16-17-18-19-20-22-23-25-27-34(37)41-31-33(32-43-45(39,40)42-30-29-36(3,4)5)44-35(38)28-26-24-21-13-11-9-7-2/h33H,6-32H2,1-5H3/p+1/t33-/m0/s1. The molecular weight excluding hydrogens is 593 g/mol. The number of hydrogen-bond donors (Lipinski definition) is 1. The van der Waals surface area contributed by atoms with Crippen LogP contribution in [0.25, 0.3) is 0 Å². The van der Waals surface area contributed by atoms with E-state index in [9.17, 15) is 19.0 Å². The molecule has 10 heteroatoms. The molecule has 0 fully saturated rings. The summed E-state index contributed by atoms with van der Waals surface area (Å²) in [5.74, 6) is -0.799. The van der Waals surface area contributed by atoms with Gasteiger partial charge in [-0.3, -0.25) is 18.6 Å². The van der Waals surface area contributed by atoms with Gasteiger partial charge in [0.2, 0.25) is 0 Å². The lowest BCUT2D eigenvalue weighted by molar-refractivity contribution is -0.870. The molecule has 0 aromatic rings. The van der Waals surface area contributed by atoms with Crippen LogP contribution in [-0.4, -0.2) is 74.9 Å². The van der Waals surface area contributed by atoms with Gasteiger partial charge in [-0.15, -0.1) is 0 Å². The van der Waals surface area contributed by atoms with Crippen LogP contribution in [0.5, 0.6) is 0 Å². The molecule has 0 saturated carbocycles. The van der Waals surface area contributed by atoms with Gasteiger partial charge in [0.05, 0.1) is 27.7 Å². The largest absolute Gasteiger partial charge is 0.472 e. The molecule has 9 nitrogen and oxygen atoms in total. The van der Waals surface area contributed by atoms with Crippen LogP contribution in [0, 0.1) is 0 Å². The summed E-state index contributed by atoms with van der Waals surface area (Å²) in [7, 11) is 1.48. The average Bonchev–Trinajstić information content (AvgIpc) is 2.97. The smallest absolute Gasteiger partial charge is 0.462 e. The van der Waals surface area contributed by atoms with Gasteiger partial charge >= 0.3 is 19.8 Å². The zero-order valence-corrected chi connectivity index (χ0v) is 30.8. The number of unbranched alkanes of at least 4 members (excludes halogenated alkanes) is 19. The number of hydrogen-bond acceptors (Lipinski definition) is 7. The Kier molecular flexibility index (Phi) is 28.5. The van der Waals surface area contributed by atoms with E-state index in [-0.39, 0.29) is 25.6 Å². The second kappa shape index (κ2) is 29.2. The number of carbonyl (C=O) groups excluding carboxylic acids is 2. The van der Waals surface area contributed by atoms with Gasteiger partial charge in [0.25, 0.3) is 0 Å². The molecule has 45 heavy (non-hydrogen) atoms. The molecule has 0 aliphatic heterocycles. The monoisotopic (exact) mass is 664 g/mol. The fraction of sp³-hybridized carbons (Fsp3) is 0.943. The zero-order valence-electron chi connectivity index (χ0n) is 29.9. The summed E-state index contributed by atoms with van der Waals surface area (Å²) in [6.45, 7) is 4.37. The third-order valence-electron chi connectivity index (χ3n) is 7.89. The van der Waals surface area contributed by atoms with Gasteiger partial charge in [-0.05, 0) is 12.8 Å². The Balaban J connectivity index is 4.35. The highest BCUT2D eigenvalue weighted by molar-refractivity contribution is 7.47. The van der Waals surface area contributed by atoms with Gasteiger partial charge in [-0.1, -0.05) is 136 Å². The molecule has 0 heterocycles. The Morgan fingerprint density at radius 2 is 1.00 bits per heavy atom. The van der Waals surface area contributed by atoms with E-state index in [1.165, 1.54) is 89.9 Å². The van der Waals surface area contributed by atoms with Crippen LogP contribution in [0.15, 0.2) is 0 Å². The molecule has 0 radical (unpaired) electrons. The van der Waals surface area contributed by atoms with Crippen LogP contribution in [0.2, 0.25) is 0 Å². The van der Waals surface area contributed by atoms with Gasteiger partial charge in [0.1, 0.15) is 19.8 Å². The third kappa shape index (κ3) is 32.7. The van der Waals surface area contributed by atoms with E-state index >= 15 is 0 Å². The number of carbonyl (C=O) groups is 2. The lowest BCUT2D eigenvalue weighted by Gasteiger charge is -2.24. The topological polar surface area (TPSA) is 108 Å². The second-order valence-corrected chi connectivity index (χ2v) is 15.1. The number of esters is 2. The van der Waals surface area contributed by atoms with Gasteiger partial charge in [-0.2, -0.15) is 0 Å². The second-order valence-electron chi connectivity index (χ2n) is 13.6. The van der Waals surface area contributed by atoms with E-state index in [0.29, 0.717) is 23.9 Å². The van der Waals surface area contributed by atoms with E-state index in [4.69, 9.17) is 18.5 Å². The number of phosphoric ester groups is 1. The van der Waals surface area contributed by atoms with Crippen molar-refractivity contribution in [3.63, 3.8) is 0 Å². The minimum Gasteiger partial charge on any atom is -0.462 e. The van der Waals surface area contributed by atoms with E-state index in [1.807, 2.05) is 21.1 Å². The third-order valence-corrected chi connectivity index (χ3v) is 8.87. The summed E-state index contributed by atoms with van der Waals surface area (Å²) in [4.78, 5) is 34.9. The van der Waals surface area contributed by atoms with Crippen LogP contribution in [0.4, 0.5) is 0 Å². The molecule has 1 N–H and O–H groups in total. The molecule has 1 unspecified atom stereocenters. The Bertz CT molecular complexity index is 758. The predicted molar refractivity (Wildman–Crippen MR) is 183 cm³/mol. The number of phosphoric acid groups is 1. The Hall–Kier alpha value is -0.990. The normalized spacial score (nSPS) is 13.8. The van der Waals surface area contributed by atoms with Gasteiger partial charge in [0, 0.05) is 12.8 Å². The number of rotatable bonds is 33. The summed E-state index contributed by atoms with van der Waals surface area (Å²) in [6.07, 6.45) is 24.5. The van der Waals surface area contributed by atoms with Crippen molar-refractivity contribution in [2.45, 2.75) is 168 Å².